The molecule has 0 aliphatic carbocycles. The highest BCUT2D eigenvalue weighted by molar-refractivity contribution is 9.11. The fourth-order valence-electron chi connectivity index (χ4n) is 3.38. The average molecular weight is 531 g/mol. The fourth-order valence-corrected chi connectivity index (χ4v) is 4.56. The summed E-state index contributed by atoms with van der Waals surface area (Å²) < 4.78 is 14.9. The van der Waals surface area contributed by atoms with Crippen molar-refractivity contribution in [3.63, 3.8) is 0 Å². The number of anilines is 1. The molecule has 0 radical (unpaired) electrons. The van der Waals surface area contributed by atoms with Gasteiger partial charge in [-0.05, 0) is 99.7 Å². The van der Waals surface area contributed by atoms with Crippen LogP contribution in [0.3, 0.4) is 0 Å². The first kappa shape index (κ1) is 24.3. The summed E-state index contributed by atoms with van der Waals surface area (Å²) in [4.78, 5) is 2.37. The van der Waals surface area contributed by atoms with Gasteiger partial charge in [0.25, 0.3) is 0 Å². The monoisotopic (exact) mass is 529 g/mol. The third kappa shape index (κ3) is 6.49. The van der Waals surface area contributed by atoms with E-state index in [2.05, 4.69) is 55.9 Å². The second-order valence-electron chi connectivity index (χ2n) is 7.10. The van der Waals surface area contributed by atoms with Crippen LogP contribution in [-0.4, -0.2) is 42.7 Å². The number of nitrogens with one attached hydrogen (secondary N) is 1. The normalized spacial score (nSPS) is 13.6. The van der Waals surface area contributed by atoms with Crippen LogP contribution >= 0.6 is 31.9 Å². The standard InChI is InChI=1S/C22H30Br2FN3O/c1-3-28(4-2)13-12-27-11-5-10-22(29,16-6-8-18(25)9-7-16)17-14-19(23)21(26)20(24)15-17/h6-9,14-15,27,29H,3-5,10-13,26H2,1-2H3. The minimum absolute atomic E-state index is 0.325. The van der Waals surface area contributed by atoms with E-state index >= 15 is 0 Å². The molecule has 2 aromatic rings. The molecule has 2 rings (SSSR count). The molecule has 0 fully saturated rings. The molecule has 29 heavy (non-hydrogen) atoms. The molecule has 0 aliphatic rings. The molecule has 0 aromatic heterocycles. The number of halogens is 3. The molecule has 0 heterocycles. The highest BCUT2D eigenvalue weighted by Crippen LogP contribution is 2.39. The molecular formula is C22H30Br2FN3O. The molecule has 0 saturated carbocycles. The Bertz CT molecular complexity index is 761. The van der Waals surface area contributed by atoms with Gasteiger partial charge in [-0.1, -0.05) is 26.0 Å². The summed E-state index contributed by atoms with van der Waals surface area (Å²) in [7, 11) is 0. The van der Waals surface area contributed by atoms with Crippen molar-refractivity contribution in [2.75, 3.05) is 38.5 Å². The highest BCUT2D eigenvalue weighted by Gasteiger charge is 2.32. The third-order valence-electron chi connectivity index (χ3n) is 5.27. The van der Waals surface area contributed by atoms with Gasteiger partial charge in [0.15, 0.2) is 0 Å². The van der Waals surface area contributed by atoms with Crippen LogP contribution in [0.2, 0.25) is 0 Å². The topological polar surface area (TPSA) is 61.5 Å². The van der Waals surface area contributed by atoms with E-state index in [1.54, 1.807) is 12.1 Å². The number of nitrogen functional groups attached to an aromatic ring is 1. The van der Waals surface area contributed by atoms with Crippen LogP contribution in [0.25, 0.3) is 0 Å². The van der Waals surface area contributed by atoms with E-state index in [0.717, 1.165) is 39.1 Å². The van der Waals surface area contributed by atoms with E-state index in [4.69, 9.17) is 5.73 Å². The molecule has 4 nitrogen and oxygen atoms in total. The molecule has 2 aromatic carbocycles. The molecule has 7 heteroatoms. The molecule has 0 saturated heterocycles. The van der Waals surface area contributed by atoms with Gasteiger partial charge in [-0.2, -0.15) is 0 Å². The molecule has 160 valence electrons. The second-order valence-corrected chi connectivity index (χ2v) is 8.81. The van der Waals surface area contributed by atoms with E-state index in [9.17, 15) is 9.50 Å². The number of hydrogen-bond donors (Lipinski definition) is 3. The zero-order valence-corrected chi connectivity index (χ0v) is 20.2. The van der Waals surface area contributed by atoms with Crippen LogP contribution < -0.4 is 11.1 Å². The lowest BCUT2D eigenvalue weighted by Gasteiger charge is -2.30. The van der Waals surface area contributed by atoms with Gasteiger partial charge in [0.1, 0.15) is 11.4 Å². The fraction of sp³-hybridized carbons (Fsp3) is 0.455. The Labute approximate surface area is 189 Å². The first-order valence-electron chi connectivity index (χ1n) is 9.98. The Morgan fingerprint density at radius 1 is 1.03 bits per heavy atom. The van der Waals surface area contributed by atoms with Gasteiger partial charge in [-0.25, -0.2) is 4.39 Å². The average Bonchev–Trinajstić information content (AvgIpc) is 2.71. The quantitative estimate of drug-likeness (QED) is 0.286. The summed E-state index contributed by atoms with van der Waals surface area (Å²) >= 11 is 6.92. The van der Waals surface area contributed by atoms with Gasteiger partial charge in [0.2, 0.25) is 0 Å². The zero-order chi connectivity index (χ0) is 21.4. The summed E-state index contributed by atoms with van der Waals surface area (Å²) in [6.07, 6.45) is 1.27. The van der Waals surface area contributed by atoms with Gasteiger partial charge in [0.05, 0.1) is 5.69 Å². The number of nitrogens with zero attached hydrogens (tertiary/aromatic N) is 1. The van der Waals surface area contributed by atoms with Crippen molar-refractivity contribution >= 4 is 37.5 Å². The maximum atomic E-state index is 13.4. The Hall–Kier alpha value is -0.990. The Kier molecular flexibility index (Phi) is 9.56. The van der Waals surface area contributed by atoms with E-state index in [-0.39, 0.29) is 5.82 Å². The number of benzene rings is 2. The van der Waals surface area contributed by atoms with Crippen molar-refractivity contribution in [1.29, 1.82) is 0 Å². The maximum absolute atomic E-state index is 13.4. The van der Waals surface area contributed by atoms with E-state index in [0.29, 0.717) is 32.2 Å². The molecule has 0 amide bonds. The SMILES string of the molecule is CCN(CC)CCNCCCC(O)(c1ccc(F)cc1)c1cc(Br)c(N)c(Br)c1. The summed E-state index contributed by atoms with van der Waals surface area (Å²) in [5, 5.41) is 15.1. The minimum atomic E-state index is -1.24. The van der Waals surface area contributed by atoms with Gasteiger partial charge >= 0.3 is 0 Å². The van der Waals surface area contributed by atoms with Gasteiger partial charge < -0.3 is 21.1 Å². The van der Waals surface area contributed by atoms with Crippen LogP contribution in [0.1, 0.15) is 37.8 Å². The van der Waals surface area contributed by atoms with Gasteiger partial charge in [-0.15, -0.1) is 0 Å². The molecule has 1 unspecified atom stereocenters. The Morgan fingerprint density at radius 2 is 1.62 bits per heavy atom. The number of hydrogen-bond acceptors (Lipinski definition) is 4. The summed E-state index contributed by atoms with van der Waals surface area (Å²) in [6.45, 7) is 9.13. The van der Waals surface area contributed by atoms with Crippen LogP contribution in [0.4, 0.5) is 10.1 Å². The van der Waals surface area contributed by atoms with Crippen LogP contribution in [0.5, 0.6) is 0 Å². The second kappa shape index (κ2) is 11.4. The Morgan fingerprint density at radius 3 is 2.17 bits per heavy atom. The number of aliphatic hydroxyl groups is 1. The lowest BCUT2D eigenvalue weighted by atomic mass is 9.82. The van der Waals surface area contributed by atoms with Crippen molar-refractivity contribution < 1.29 is 9.50 Å². The van der Waals surface area contributed by atoms with Crippen LogP contribution in [-0.2, 0) is 5.60 Å². The van der Waals surface area contributed by atoms with Gasteiger partial charge in [-0.3, -0.25) is 0 Å². The van der Waals surface area contributed by atoms with Crippen molar-refractivity contribution in [1.82, 2.24) is 10.2 Å². The maximum Gasteiger partial charge on any atom is 0.123 e. The lowest BCUT2D eigenvalue weighted by Crippen LogP contribution is -2.33. The minimum Gasteiger partial charge on any atom is -0.397 e. The number of likely N-dealkylation sites (N-methyl/N-ethyl adjacent to an activating group) is 1. The Balaban J connectivity index is 2.13. The number of nitrogens with two attached hydrogens (primary N) is 1. The van der Waals surface area contributed by atoms with Crippen LogP contribution in [0, 0.1) is 5.82 Å². The smallest absolute Gasteiger partial charge is 0.123 e. The predicted molar refractivity (Wildman–Crippen MR) is 126 cm³/mol. The molecule has 0 spiro atoms. The van der Waals surface area contributed by atoms with Crippen molar-refractivity contribution in [3.8, 4) is 0 Å². The molecule has 0 aliphatic heterocycles. The molecular weight excluding hydrogens is 501 g/mol. The van der Waals surface area contributed by atoms with Gasteiger partial charge in [0, 0.05) is 22.0 Å². The van der Waals surface area contributed by atoms with Crippen molar-refractivity contribution in [2.24, 2.45) is 0 Å². The lowest BCUT2D eigenvalue weighted by molar-refractivity contribution is 0.0685. The summed E-state index contributed by atoms with van der Waals surface area (Å²) in [5.41, 5.74) is 6.72. The predicted octanol–water partition coefficient (Wildman–Crippen LogP) is 4.88. The summed E-state index contributed by atoms with van der Waals surface area (Å²) in [6, 6.07) is 9.70. The van der Waals surface area contributed by atoms with E-state index in [1.807, 2.05) is 12.1 Å². The van der Waals surface area contributed by atoms with E-state index < -0.39 is 5.60 Å². The van der Waals surface area contributed by atoms with Crippen LogP contribution in [0.15, 0.2) is 45.3 Å². The molecule has 0 bridgehead atoms. The zero-order valence-electron chi connectivity index (χ0n) is 17.0. The third-order valence-corrected chi connectivity index (χ3v) is 6.58. The molecule has 1 atom stereocenters. The highest BCUT2D eigenvalue weighted by atomic mass is 79.9. The van der Waals surface area contributed by atoms with Crippen molar-refractivity contribution in [2.45, 2.75) is 32.3 Å². The molecule has 4 N–H and O–H groups in total. The first-order chi connectivity index (χ1) is 13.8. The first-order valence-corrected chi connectivity index (χ1v) is 11.6. The van der Waals surface area contributed by atoms with E-state index in [1.165, 1.54) is 12.1 Å². The van der Waals surface area contributed by atoms with Crippen molar-refractivity contribution in [3.05, 3.63) is 62.3 Å². The summed E-state index contributed by atoms with van der Waals surface area (Å²) in [5.74, 6) is -0.325. The number of rotatable bonds is 11. The largest absolute Gasteiger partial charge is 0.397 e.